The van der Waals surface area contributed by atoms with Gasteiger partial charge in [-0.25, -0.2) is 4.98 Å². The lowest BCUT2D eigenvalue weighted by atomic mass is 9.88. The number of nitrogens with zero attached hydrogens (tertiary/aromatic N) is 2. The maximum absolute atomic E-state index is 10.7. The molecule has 1 aliphatic carbocycles. The highest BCUT2D eigenvalue weighted by molar-refractivity contribution is 7.18. The van der Waals surface area contributed by atoms with Crippen molar-refractivity contribution in [3.05, 3.63) is 51.7 Å². The number of nitrogens with one attached hydrogen (secondary N) is 1. The first-order valence-electron chi connectivity index (χ1n) is 6.18. The minimum Gasteiger partial charge on any atom is -0.355 e. The first-order chi connectivity index (χ1) is 9.24. The summed E-state index contributed by atoms with van der Waals surface area (Å²) in [6.45, 7) is 0. The van der Waals surface area contributed by atoms with E-state index in [4.69, 9.17) is 0 Å². The normalized spacial score (nSPS) is 17.8. The standard InChI is InChI=1S/C13H13N3O2S/c17-16(18)12-8-14-13(19-12)15-11-7-3-5-9-4-1-2-6-10(9)11/h1-2,4,6,8,11H,3,5,7H2,(H,14,15). The van der Waals surface area contributed by atoms with Crippen molar-refractivity contribution in [2.24, 2.45) is 0 Å². The van der Waals surface area contributed by atoms with Crippen LogP contribution in [0.2, 0.25) is 0 Å². The number of fused-ring (bicyclic) bond motifs is 1. The van der Waals surface area contributed by atoms with Gasteiger partial charge in [0, 0.05) is 0 Å². The second kappa shape index (κ2) is 4.97. The molecule has 0 saturated heterocycles. The zero-order valence-electron chi connectivity index (χ0n) is 10.2. The zero-order valence-corrected chi connectivity index (χ0v) is 11.0. The summed E-state index contributed by atoms with van der Waals surface area (Å²) in [5, 5.41) is 14.7. The molecule has 2 aromatic rings. The van der Waals surface area contributed by atoms with Gasteiger partial charge in [0.25, 0.3) is 0 Å². The average Bonchev–Trinajstić information content (AvgIpc) is 2.88. The summed E-state index contributed by atoms with van der Waals surface area (Å²) in [4.78, 5) is 14.3. The Morgan fingerprint density at radius 2 is 2.26 bits per heavy atom. The lowest BCUT2D eigenvalue weighted by molar-refractivity contribution is -0.380. The van der Waals surface area contributed by atoms with Crippen LogP contribution in [0.4, 0.5) is 10.1 Å². The van der Waals surface area contributed by atoms with Gasteiger partial charge in [0.15, 0.2) is 5.13 Å². The summed E-state index contributed by atoms with van der Waals surface area (Å²) in [5.74, 6) is 0. The number of nitro groups is 1. The van der Waals surface area contributed by atoms with E-state index in [1.165, 1.54) is 17.3 Å². The molecule has 1 unspecified atom stereocenters. The third-order valence-corrected chi connectivity index (χ3v) is 4.22. The van der Waals surface area contributed by atoms with Crippen LogP contribution in [-0.2, 0) is 6.42 Å². The second-order valence-corrected chi connectivity index (χ2v) is 5.56. The molecule has 0 aliphatic heterocycles. The van der Waals surface area contributed by atoms with Gasteiger partial charge >= 0.3 is 5.00 Å². The van der Waals surface area contributed by atoms with Crippen molar-refractivity contribution in [3.63, 3.8) is 0 Å². The molecule has 0 fully saturated rings. The third-order valence-electron chi connectivity index (χ3n) is 3.34. The fourth-order valence-electron chi connectivity index (χ4n) is 2.47. The van der Waals surface area contributed by atoms with E-state index in [0.717, 1.165) is 30.6 Å². The second-order valence-electron chi connectivity index (χ2n) is 4.55. The molecule has 98 valence electrons. The van der Waals surface area contributed by atoms with Crippen LogP contribution < -0.4 is 5.32 Å². The number of thiazole rings is 1. The van der Waals surface area contributed by atoms with Crippen LogP contribution in [0, 0.1) is 10.1 Å². The van der Waals surface area contributed by atoms with Gasteiger partial charge in [-0.05, 0) is 41.7 Å². The molecule has 19 heavy (non-hydrogen) atoms. The van der Waals surface area contributed by atoms with Gasteiger partial charge in [0.2, 0.25) is 0 Å². The van der Waals surface area contributed by atoms with E-state index in [2.05, 4.69) is 28.5 Å². The van der Waals surface area contributed by atoms with Crippen molar-refractivity contribution in [1.82, 2.24) is 4.98 Å². The molecule has 5 nitrogen and oxygen atoms in total. The Hall–Kier alpha value is -1.95. The van der Waals surface area contributed by atoms with Crippen molar-refractivity contribution in [1.29, 1.82) is 0 Å². The molecular weight excluding hydrogens is 262 g/mol. The predicted molar refractivity (Wildman–Crippen MR) is 74.5 cm³/mol. The Kier molecular flexibility index (Phi) is 3.16. The van der Waals surface area contributed by atoms with Crippen molar-refractivity contribution < 1.29 is 4.92 Å². The van der Waals surface area contributed by atoms with E-state index in [1.807, 2.05) is 6.07 Å². The Balaban J connectivity index is 1.82. The van der Waals surface area contributed by atoms with Crippen LogP contribution in [0.1, 0.15) is 30.0 Å². The van der Waals surface area contributed by atoms with Gasteiger partial charge in [-0.1, -0.05) is 24.3 Å². The number of hydrogen-bond donors (Lipinski definition) is 1. The van der Waals surface area contributed by atoms with E-state index >= 15 is 0 Å². The van der Waals surface area contributed by atoms with Crippen LogP contribution in [0.3, 0.4) is 0 Å². The minimum atomic E-state index is -0.405. The van der Waals surface area contributed by atoms with Gasteiger partial charge in [-0.3, -0.25) is 10.1 Å². The predicted octanol–water partition coefficient (Wildman–Crippen LogP) is 3.54. The van der Waals surface area contributed by atoms with Crippen molar-refractivity contribution >= 4 is 21.5 Å². The maximum Gasteiger partial charge on any atom is 0.345 e. The Morgan fingerprint density at radius 1 is 1.42 bits per heavy atom. The number of aryl methyl sites for hydroxylation is 1. The molecule has 0 spiro atoms. The van der Waals surface area contributed by atoms with Gasteiger partial charge in [0.05, 0.1) is 11.0 Å². The van der Waals surface area contributed by atoms with Crippen LogP contribution in [0.15, 0.2) is 30.5 Å². The van der Waals surface area contributed by atoms with Crippen molar-refractivity contribution in [3.8, 4) is 0 Å². The van der Waals surface area contributed by atoms with Crippen LogP contribution >= 0.6 is 11.3 Å². The molecular formula is C13H13N3O2S. The van der Waals surface area contributed by atoms with E-state index in [1.54, 1.807) is 0 Å². The van der Waals surface area contributed by atoms with Gasteiger partial charge in [-0.2, -0.15) is 0 Å². The molecule has 1 aromatic heterocycles. The van der Waals surface area contributed by atoms with E-state index in [-0.39, 0.29) is 11.0 Å². The number of aromatic nitrogens is 1. The molecule has 1 aliphatic rings. The Labute approximate surface area is 114 Å². The first-order valence-corrected chi connectivity index (χ1v) is 7.00. The van der Waals surface area contributed by atoms with Gasteiger partial charge < -0.3 is 5.32 Å². The van der Waals surface area contributed by atoms with Crippen LogP contribution in [0.5, 0.6) is 0 Å². The average molecular weight is 275 g/mol. The first kappa shape index (κ1) is 12.1. The molecule has 0 bridgehead atoms. The molecule has 3 rings (SSSR count). The van der Waals surface area contributed by atoms with E-state index in [0.29, 0.717) is 5.13 Å². The van der Waals surface area contributed by atoms with Crippen LogP contribution in [0.25, 0.3) is 0 Å². The number of rotatable bonds is 3. The van der Waals surface area contributed by atoms with Crippen LogP contribution in [-0.4, -0.2) is 9.91 Å². The maximum atomic E-state index is 10.7. The third kappa shape index (κ3) is 2.44. The molecule has 1 aromatic carbocycles. The zero-order chi connectivity index (χ0) is 13.2. The molecule has 0 saturated carbocycles. The summed E-state index contributed by atoms with van der Waals surface area (Å²) < 4.78 is 0. The topological polar surface area (TPSA) is 68.1 Å². The number of anilines is 1. The molecule has 1 N–H and O–H groups in total. The Morgan fingerprint density at radius 3 is 3.05 bits per heavy atom. The highest BCUT2D eigenvalue weighted by Crippen LogP contribution is 2.34. The fraction of sp³-hybridized carbons (Fsp3) is 0.308. The summed E-state index contributed by atoms with van der Waals surface area (Å²) in [7, 11) is 0. The fourth-order valence-corrected chi connectivity index (χ4v) is 3.15. The monoisotopic (exact) mass is 275 g/mol. The SMILES string of the molecule is O=[N+]([O-])c1cnc(NC2CCCc3ccccc32)s1. The molecule has 1 atom stereocenters. The minimum absolute atomic E-state index is 0.0756. The number of benzene rings is 1. The quantitative estimate of drug-likeness (QED) is 0.687. The lowest BCUT2D eigenvalue weighted by Crippen LogP contribution is -2.17. The van der Waals surface area contributed by atoms with Gasteiger partial charge in [-0.15, -0.1) is 0 Å². The highest BCUT2D eigenvalue weighted by atomic mass is 32.1. The largest absolute Gasteiger partial charge is 0.355 e. The van der Waals surface area contributed by atoms with Crippen molar-refractivity contribution in [2.45, 2.75) is 25.3 Å². The van der Waals surface area contributed by atoms with E-state index < -0.39 is 4.92 Å². The summed E-state index contributed by atoms with van der Waals surface area (Å²) in [5.41, 5.74) is 2.64. The van der Waals surface area contributed by atoms with E-state index in [9.17, 15) is 10.1 Å². The smallest absolute Gasteiger partial charge is 0.345 e. The molecule has 1 heterocycles. The molecule has 6 heteroatoms. The summed E-state index contributed by atoms with van der Waals surface area (Å²) in [6.07, 6.45) is 4.57. The number of hydrogen-bond acceptors (Lipinski definition) is 5. The molecule has 0 radical (unpaired) electrons. The molecule has 0 amide bonds. The Bertz CT molecular complexity index is 611. The lowest BCUT2D eigenvalue weighted by Gasteiger charge is -2.25. The highest BCUT2D eigenvalue weighted by Gasteiger charge is 2.21. The van der Waals surface area contributed by atoms with Crippen molar-refractivity contribution in [2.75, 3.05) is 5.32 Å². The summed E-state index contributed by atoms with van der Waals surface area (Å²) >= 11 is 1.09. The van der Waals surface area contributed by atoms with Gasteiger partial charge in [0.1, 0.15) is 6.20 Å². The summed E-state index contributed by atoms with van der Waals surface area (Å²) in [6, 6.07) is 8.55.